The molecule has 0 fully saturated rings. The van der Waals surface area contributed by atoms with Crippen molar-refractivity contribution in [1.82, 2.24) is 14.3 Å². The van der Waals surface area contributed by atoms with E-state index >= 15 is 0 Å². The quantitative estimate of drug-likeness (QED) is 0.690. The second-order valence-corrected chi connectivity index (χ2v) is 8.55. The fourth-order valence-electron chi connectivity index (χ4n) is 3.39. The number of halogens is 2. The van der Waals surface area contributed by atoms with E-state index in [0.717, 1.165) is 23.0 Å². The average Bonchev–Trinajstić information content (AvgIpc) is 2.99. The van der Waals surface area contributed by atoms with Crippen LogP contribution in [-0.4, -0.2) is 24.0 Å². The maximum atomic E-state index is 12.6. The van der Waals surface area contributed by atoms with Crippen LogP contribution in [0.25, 0.3) is 10.9 Å². The standard InChI is InChI=1S/C18H17ClFN3O2S/c19-18-8-17-13(10-21-18)7-15-4-3-14(11-23(15)17)22-26(24,25)16-5-1-12(9-20)2-6-16/h1-2,5-8,10,14,22H,3-4,9,11H2. The molecule has 26 heavy (non-hydrogen) atoms. The number of aryl methyl sites for hydroxylation is 1. The summed E-state index contributed by atoms with van der Waals surface area (Å²) in [5, 5.41) is 1.41. The first kappa shape index (κ1) is 17.5. The van der Waals surface area contributed by atoms with Crippen LogP contribution in [0.1, 0.15) is 17.7 Å². The Kier molecular flexibility index (Phi) is 4.46. The van der Waals surface area contributed by atoms with Gasteiger partial charge in [0.2, 0.25) is 10.0 Å². The highest BCUT2D eigenvalue weighted by atomic mass is 35.5. The zero-order valence-corrected chi connectivity index (χ0v) is 15.4. The minimum atomic E-state index is -3.66. The lowest BCUT2D eigenvalue weighted by atomic mass is 10.1. The van der Waals surface area contributed by atoms with Crippen molar-refractivity contribution in [2.75, 3.05) is 0 Å². The minimum Gasteiger partial charge on any atom is -0.343 e. The molecule has 136 valence electrons. The Labute approximate surface area is 155 Å². The second kappa shape index (κ2) is 6.64. The molecule has 1 N–H and O–H groups in total. The number of hydrogen-bond acceptors (Lipinski definition) is 3. The molecule has 1 aliphatic heterocycles. The predicted molar refractivity (Wildman–Crippen MR) is 98.4 cm³/mol. The number of benzene rings is 1. The van der Waals surface area contributed by atoms with Crippen molar-refractivity contribution in [3.63, 3.8) is 0 Å². The first-order valence-electron chi connectivity index (χ1n) is 8.27. The molecule has 1 atom stereocenters. The molecule has 1 unspecified atom stereocenters. The molecule has 0 saturated carbocycles. The largest absolute Gasteiger partial charge is 0.343 e. The number of fused-ring (bicyclic) bond motifs is 3. The van der Waals surface area contributed by atoms with E-state index in [9.17, 15) is 12.8 Å². The van der Waals surface area contributed by atoms with Crippen LogP contribution >= 0.6 is 11.6 Å². The summed E-state index contributed by atoms with van der Waals surface area (Å²) in [6.07, 6.45) is 3.20. The van der Waals surface area contributed by atoms with Crippen molar-refractivity contribution in [2.24, 2.45) is 0 Å². The average molecular weight is 394 g/mol. The molecule has 8 heteroatoms. The smallest absolute Gasteiger partial charge is 0.240 e. The van der Waals surface area contributed by atoms with Crippen LogP contribution in [-0.2, 0) is 29.7 Å². The van der Waals surface area contributed by atoms with Crippen molar-refractivity contribution in [2.45, 2.75) is 37.0 Å². The first-order valence-corrected chi connectivity index (χ1v) is 10.1. The Morgan fingerprint density at radius 2 is 2.04 bits per heavy atom. The van der Waals surface area contributed by atoms with E-state index in [4.69, 9.17) is 11.6 Å². The number of sulfonamides is 1. The van der Waals surface area contributed by atoms with Crippen molar-refractivity contribution in [3.05, 3.63) is 59.0 Å². The number of nitrogens with zero attached hydrogens (tertiary/aromatic N) is 2. The molecule has 0 amide bonds. The van der Waals surface area contributed by atoms with Gasteiger partial charge in [-0.1, -0.05) is 23.7 Å². The number of alkyl halides is 1. The summed E-state index contributed by atoms with van der Waals surface area (Å²) in [7, 11) is -3.66. The molecular weight excluding hydrogens is 377 g/mol. The first-order chi connectivity index (χ1) is 12.5. The summed E-state index contributed by atoms with van der Waals surface area (Å²) in [5.74, 6) is 0. The number of hydrogen-bond donors (Lipinski definition) is 1. The highest BCUT2D eigenvalue weighted by Gasteiger charge is 2.25. The Bertz CT molecular complexity index is 1060. The van der Waals surface area contributed by atoms with Crippen LogP contribution in [0.3, 0.4) is 0 Å². The minimum absolute atomic E-state index is 0.144. The van der Waals surface area contributed by atoms with Gasteiger partial charge in [0.25, 0.3) is 0 Å². The van der Waals surface area contributed by atoms with E-state index in [1.165, 1.54) is 24.3 Å². The summed E-state index contributed by atoms with van der Waals surface area (Å²) >= 11 is 6.00. The maximum absolute atomic E-state index is 12.6. The van der Waals surface area contributed by atoms with Crippen LogP contribution in [0.4, 0.5) is 4.39 Å². The zero-order valence-electron chi connectivity index (χ0n) is 13.8. The molecule has 0 radical (unpaired) electrons. The summed E-state index contributed by atoms with van der Waals surface area (Å²) in [6.45, 7) is -0.0851. The Balaban J connectivity index is 1.58. The van der Waals surface area contributed by atoms with Crippen LogP contribution in [0.5, 0.6) is 0 Å². The van der Waals surface area contributed by atoms with Crippen molar-refractivity contribution >= 4 is 32.5 Å². The third kappa shape index (κ3) is 3.22. The third-order valence-corrected chi connectivity index (χ3v) is 6.44. The van der Waals surface area contributed by atoms with Gasteiger partial charge in [-0.05, 0) is 42.7 Å². The van der Waals surface area contributed by atoms with Crippen LogP contribution in [0.2, 0.25) is 5.15 Å². The summed E-state index contributed by atoms with van der Waals surface area (Å²) in [5.41, 5.74) is 2.55. The molecule has 0 bridgehead atoms. The summed E-state index contributed by atoms with van der Waals surface area (Å²) in [4.78, 5) is 4.24. The van der Waals surface area contributed by atoms with Crippen molar-refractivity contribution in [1.29, 1.82) is 0 Å². The molecule has 0 saturated heterocycles. The van der Waals surface area contributed by atoms with Gasteiger partial charge < -0.3 is 4.57 Å². The van der Waals surface area contributed by atoms with Gasteiger partial charge in [-0.2, -0.15) is 0 Å². The lowest BCUT2D eigenvalue weighted by molar-refractivity contribution is 0.433. The van der Waals surface area contributed by atoms with Gasteiger partial charge in [-0.15, -0.1) is 0 Å². The molecule has 5 nitrogen and oxygen atoms in total. The summed E-state index contributed by atoms with van der Waals surface area (Å²) < 4.78 is 42.7. The van der Waals surface area contributed by atoms with E-state index < -0.39 is 16.7 Å². The fourth-order valence-corrected chi connectivity index (χ4v) is 4.80. The second-order valence-electron chi connectivity index (χ2n) is 6.45. The van der Waals surface area contributed by atoms with Gasteiger partial charge in [-0.25, -0.2) is 22.5 Å². The van der Waals surface area contributed by atoms with Gasteiger partial charge >= 0.3 is 0 Å². The van der Waals surface area contributed by atoms with Gasteiger partial charge in [0.15, 0.2) is 0 Å². The number of aromatic nitrogens is 2. The monoisotopic (exact) mass is 393 g/mol. The molecule has 4 rings (SSSR count). The highest BCUT2D eigenvalue weighted by molar-refractivity contribution is 7.89. The number of rotatable bonds is 4. The van der Waals surface area contributed by atoms with Gasteiger partial charge in [0, 0.05) is 29.9 Å². The molecule has 0 aliphatic carbocycles. The van der Waals surface area contributed by atoms with E-state index in [0.29, 0.717) is 23.7 Å². The van der Waals surface area contributed by atoms with Gasteiger partial charge in [0.1, 0.15) is 11.8 Å². The Morgan fingerprint density at radius 3 is 2.77 bits per heavy atom. The molecular formula is C18H17ClFN3O2S. The predicted octanol–water partition coefficient (Wildman–Crippen LogP) is 3.45. The molecule has 1 aliphatic rings. The van der Waals surface area contributed by atoms with Crippen molar-refractivity contribution < 1.29 is 12.8 Å². The summed E-state index contributed by atoms with van der Waals surface area (Å²) in [6, 6.07) is 9.48. The topological polar surface area (TPSA) is 64.0 Å². The van der Waals surface area contributed by atoms with E-state index in [1.54, 1.807) is 12.3 Å². The third-order valence-electron chi connectivity index (χ3n) is 4.70. The molecule has 3 heterocycles. The lowest BCUT2D eigenvalue weighted by Crippen LogP contribution is -2.40. The van der Waals surface area contributed by atoms with E-state index in [-0.39, 0.29) is 10.9 Å². The Morgan fingerprint density at radius 1 is 1.27 bits per heavy atom. The highest BCUT2D eigenvalue weighted by Crippen LogP contribution is 2.27. The van der Waals surface area contributed by atoms with Crippen LogP contribution in [0.15, 0.2) is 47.5 Å². The van der Waals surface area contributed by atoms with Gasteiger partial charge in [0.05, 0.1) is 10.4 Å². The van der Waals surface area contributed by atoms with Gasteiger partial charge in [-0.3, -0.25) is 0 Å². The molecule has 2 aromatic heterocycles. The fraction of sp³-hybridized carbons (Fsp3) is 0.278. The Hall–Kier alpha value is -1.96. The van der Waals surface area contributed by atoms with Crippen LogP contribution in [0, 0.1) is 0 Å². The van der Waals surface area contributed by atoms with Crippen molar-refractivity contribution in [3.8, 4) is 0 Å². The number of pyridine rings is 1. The SMILES string of the molecule is O=S(=O)(NC1CCc2cc3cnc(Cl)cc3n2C1)c1ccc(CF)cc1. The van der Waals surface area contributed by atoms with Crippen LogP contribution < -0.4 is 4.72 Å². The normalized spacial score (nSPS) is 17.4. The zero-order chi connectivity index (χ0) is 18.3. The maximum Gasteiger partial charge on any atom is 0.240 e. The lowest BCUT2D eigenvalue weighted by Gasteiger charge is -2.26. The van der Waals surface area contributed by atoms with E-state index in [2.05, 4.69) is 20.3 Å². The molecule has 1 aromatic carbocycles. The number of nitrogens with one attached hydrogen (secondary N) is 1. The molecule has 3 aromatic rings. The molecule has 0 spiro atoms. The van der Waals surface area contributed by atoms with E-state index in [1.807, 2.05) is 0 Å².